The van der Waals surface area contributed by atoms with Crippen LogP contribution < -0.4 is 14.8 Å². The molecule has 4 atom stereocenters. The zero-order valence-corrected chi connectivity index (χ0v) is 27.9. The van der Waals surface area contributed by atoms with E-state index in [2.05, 4.69) is 21.4 Å². The number of nitrogens with one attached hydrogen (secondary N) is 1. The zero-order chi connectivity index (χ0) is 35.3. The number of rotatable bonds is 17. The van der Waals surface area contributed by atoms with Crippen LogP contribution in [0.5, 0.6) is 11.5 Å². The molecule has 13 heteroatoms. The maximum absolute atomic E-state index is 12.5. The Bertz CT molecular complexity index is 1770. The molecule has 2 saturated carbocycles. The molecule has 0 bridgehead atoms. The molecule has 0 spiro atoms. The summed E-state index contributed by atoms with van der Waals surface area (Å²) in [7, 11) is 0. The first-order valence-corrected chi connectivity index (χ1v) is 16.9. The van der Waals surface area contributed by atoms with Gasteiger partial charge in [0.25, 0.3) is 5.91 Å². The van der Waals surface area contributed by atoms with E-state index in [9.17, 15) is 25.2 Å². The summed E-state index contributed by atoms with van der Waals surface area (Å²) in [5.41, 5.74) is 4.11. The van der Waals surface area contributed by atoms with Crippen molar-refractivity contribution in [1.29, 1.82) is 0 Å². The maximum atomic E-state index is 12.5. The molecule has 0 radical (unpaired) electrons. The molecule has 0 unspecified atom stereocenters. The van der Waals surface area contributed by atoms with Crippen LogP contribution in [0.4, 0.5) is 0 Å². The van der Waals surface area contributed by atoms with Crippen molar-refractivity contribution in [3.63, 3.8) is 0 Å². The predicted molar refractivity (Wildman–Crippen MR) is 182 cm³/mol. The van der Waals surface area contributed by atoms with E-state index in [0.717, 1.165) is 53.7 Å². The van der Waals surface area contributed by atoms with Crippen LogP contribution in [-0.2, 0) is 23.6 Å². The molecule has 2 aromatic heterocycles. The van der Waals surface area contributed by atoms with Crippen molar-refractivity contribution >= 4 is 17.5 Å². The lowest BCUT2D eigenvalue weighted by Gasteiger charge is -2.25. The fourth-order valence-electron chi connectivity index (χ4n) is 5.51. The van der Waals surface area contributed by atoms with Crippen molar-refractivity contribution in [2.45, 2.75) is 75.0 Å². The average Bonchev–Trinajstić information content (AvgIpc) is 4.10. The number of benzene rings is 2. The average molecular weight is 706 g/mol. The summed E-state index contributed by atoms with van der Waals surface area (Å²) in [6.07, 6.45) is 2.37. The lowest BCUT2D eigenvalue weighted by molar-refractivity contribution is -0.113. The van der Waals surface area contributed by atoms with Gasteiger partial charge in [-0.3, -0.25) is 14.8 Å². The second-order valence-electron chi connectivity index (χ2n) is 12.6. The minimum atomic E-state index is -1.78. The van der Waals surface area contributed by atoms with Crippen LogP contribution in [0.2, 0.25) is 5.02 Å². The number of carbonyl (C=O) groups is 1. The van der Waals surface area contributed by atoms with E-state index in [1.54, 1.807) is 24.4 Å². The molecule has 4 aromatic rings. The largest absolute Gasteiger partial charge is 0.490 e. The zero-order valence-electron chi connectivity index (χ0n) is 27.2. The fourth-order valence-corrected chi connectivity index (χ4v) is 5.68. The standard InChI is InChI=1S/C37H40ClN3O9/c38-30-10-9-26(48-21-24-6-5-22(16-40-24)36(47)41-18-31(43)34(45)35(46)32(44)19-42)15-23(30)20-49-37(12-13-37)29-17-39-14-11-27(29)28-3-1-2-4-33(28)50-25-7-8-25/h1-6,9-11,14-17,25,31-32,34-35,42-46H,7-8,12-13,18-21H2,(H,41,47)/t31-,32+,34+,35+/m0/s1. The Morgan fingerprint density at radius 1 is 0.940 bits per heavy atom. The van der Waals surface area contributed by atoms with E-state index >= 15 is 0 Å². The van der Waals surface area contributed by atoms with Crippen molar-refractivity contribution < 1.29 is 44.5 Å². The first kappa shape index (κ1) is 35.7. The van der Waals surface area contributed by atoms with E-state index in [1.807, 2.05) is 36.5 Å². The molecule has 6 rings (SSSR count). The number of nitrogens with zero attached hydrogens (tertiary/aromatic N) is 2. The molecule has 2 aromatic carbocycles. The lowest BCUT2D eigenvalue weighted by atomic mass is 9.96. The van der Waals surface area contributed by atoms with E-state index in [1.165, 1.54) is 12.3 Å². The minimum absolute atomic E-state index is 0.116. The third-order valence-corrected chi connectivity index (χ3v) is 9.17. The molecule has 264 valence electrons. The van der Waals surface area contributed by atoms with Crippen LogP contribution in [-0.4, -0.2) is 85.1 Å². The normalized spacial score (nSPS) is 17.3. The van der Waals surface area contributed by atoms with Gasteiger partial charge in [0.2, 0.25) is 0 Å². The second kappa shape index (κ2) is 15.8. The fraction of sp³-hybridized carbons (Fsp3) is 0.378. The van der Waals surface area contributed by atoms with Gasteiger partial charge in [-0.15, -0.1) is 0 Å². The molecule has 50 heavy (non-hydrogen) atoms. The number of pyridine rings is 2. The predicted octanol–water partition coefficient (Wildman–Crippen LogP) is 3.29. The number of aliphatic hydroxyl groups excluding tert-OH is 5. The highest BCUT2D eigenvalue weighted by atomic mass is 35.5. The van der Waals surface area contributed by atoms with Crippen molar-refractivity contribution in [3.05, 3.63) is 107 Å². The number of halogens is 1. The highest BCUT2D eigenvalue weighted by Gasteiger charge is 2.48. The summed E-state index contributed by atoms with van der Waals surface area (Å²) in [5.74, 6) is 0.859. The number of hydrogen-bond donors (Lipinski definition) is 6. The van der Waals surface area contributed by atoms with E-state index in [-0.39, 0.29) is 24.9 Å². The van der Waals surface area contributed by atoms with Crippen LogP contribution in [0.3, 0.4) is 0 Å². The molecule has 2 aliphatic rings. The highest BCUT2D eigenvalue weighted by Crippen LogP contribution is 2.53. The SMILES string of the molecule is O=C(NC[C@H](O)[C@@H](O)[C@H](O)[C@H](O)CO)c1ccc(COc2ccc(Cl)c(COC3(c4cnccc4-c4ccccc4OC4CC4)CC3)c2)nc1. The Hall–Kier alpha value is -4.14. The van der Waals surface area contributed by atoms with Crippen molar-refractivity contribution in [2.24, 2.45) is 0 Å². The van der Waals surface area contributed by atoms with Gasteiger partial charge in [0.15, 0.2) is 0 Å². The van der Waals surface area contributed by atoms with Gasteiger partial charge in [-0.1, -0.05) is 29.8 Å². The Kier molecular flexibility index (Phi) is 11.3. The van der Waals surface area contributed by atoms with Gasteiger partial charge < -0.3 is 45.1 Å². The maximum Gasteiger partial charge on any atom is 0.252 e. The topological polar surface area (TPSA) is 184 Å². The Morgan fingerprint density at radius 2 is 1.72 bits per heavy atom. The Morgan fingerprint density at radius 3 is 2.44 bits per heavy atom. The third kappa shape index (κ3) is 8.59. The number of carbonyl (C=O) groups excluding carboxylic acids is 1. The van der Waals surface area contributed by atoms with E-state index in [0.29, 0.717) is 16.5 Å². The van der Waals surface area contributed by atoms with Gasteiger partial charge >= 0.3 is 0 Å². The smallest absolute Gasteiger partial charge is 0.252 e. The number of ether oxygens (including phenoxy) is 3. The van der Waals surface area contributed by atoms with Gasteiger partial charge in [-0.25, -0.2) is 0 Å². The molecule has 2 fully saturated rings. The van der Waals surface area contributed by atoms with Crippen LogP contribution in [0.1, 0.15) is 52.9 Å². The number of aromatic nitrogens is 2. The van der Waals surface area contributed by atoms with Gasteiger partial charge in [-0.05, 0) is 73.7 Å². The number of para-hydroxylation sites is 1. The van der Waals surface area contributed by atoms with Crippen molar-refractivity contribution in [3.8, 4) is 22.6 Å². The molecular weight excluding hydrogens is 666 g/mol. The third-order valence-electron chi connectivity index (χ3n) is 8.80. The van der Waals surface area contributed by atoms with Crippen molar-refractivity contribution in [2.75, 3.05) is 13.2 Å². The minimum Gasteiger partial charge on any atom is -0.490 e. The van der Waals surface area contributed by atoms with Crippen molar-refractivity contribution in [1.82, 2.24) is 15.3 Å². The molecule has 0 aliphatic heterocycles. The quantitative estimate of drug-likeness (QED) is 0.0948. The summed E-state index contributed by atoms with van der Waals surface area (Å²) < 4.78 is 18.8. The Labute approximate surface area is 294 Å². The van der Waals surface area contributed by atoms with E-state index in [4.69, 9.17) is 30.9 Å². The van der Waals surface area contributed by atoms with Gasteiger partial charge in [-0.2, -0.15) is 0 Å². The molecule has 12 nitrogen and oxygen atoms in total. The second-order valence-corrected chi connectivity index (χ2v) is 13.0. The summed E-state index contributed by atoms with van der Waals surface area (Å²) >= 11 is 6.58. The highest BCUT2D eigenvalue weighted by molar-refractivity contribution is 6.31. The van der Waals surface area contributed by atoms with Gasteiger partial charge in [0.05, 0.1) is 42.3 Å². The molecule has 1 amide bonds. The summed E-state index contributed by atoms with van der Waals surface area (Å²) in [6, 6.07) is 18.6. The number of aliphatic hydroxyl groups is 5. The molecule has 2 aliphatic carbocycles. The van der Waals surface area contributed by atoms with Gasteiger partial charge in [0, 0.05) is 46.8 Å². The summed E-state index contributed by atoms with van der Waals surface area (Å²) in [6.45, 7) is -0.824. The number of amides is 1. The first-order valence-electron chi connectivity index (χ1n) is 16.5. The molecule has 6 N–H and O–H groups in total. The van der Waals surface area contributed by atoms with Crippen LogP contribution in [0.25, 0.3) is 11.1 Å². The summed E-state index contributed by atoms with van der Waals surface area (Å²) in [4.78, 5) is 21.2. The first-order chi connectivity index (χ1) is 24.2. The lowest BCUT2D eigenvalue weighted by Crippen LogP contribution is -2.49. The monoisotopic (exact) mass is 705 g/mol. The van der Waals surface area contributed by atoms with Crippen LogP contribution in [0.15, 0.2) is 79.3 Å². The van der Waals surface area contributed by atoms with Crippen LogP contribution in [0, 0.1) is 0 Å². The Balaban J connectivity index is 1.04. The molecule has 2 heterocycles. The van der Waals surface area contributed by atoms with Crippen LogP contribution >= 0.6 is 11.6 Å². The molecular formula is C37H40ClN3O9. The number of hydrogen-bond acceptors (Lipinski definition) is 11. The van der Waals surface area contributed by atoms with Gasteiger partial charge in [0.1, 0.15) is 36.4 Å². The van der Waals surface area contributed by atoms with E-state index < -0.39 is 49.1 Å². The molecule has 0 saturated heterocycles. The summed E-state index contributed by atoms with van der Waals surface area (Å²) in [5, 5.41) is 51.0.